The van der Waals surface area contributed by atoms with Gasteiger partial charge in [-0.25, -0.2) is 0 Å². The lowest BCUT2D eigenvalue weighted by atomic mass is 9.47. The molecule has 0 heterocycles. The van der Waals surface area contributed by atoms with Crippen LogP contribution in [0.2, 0.25) is 0 Å². The molecule has 0 bridgehead atoms. The van der Waals surface area contributed by atoms with Crippen LogP contribution in [0.1, 0.15) is 72.1 Å². The van der Waals surface area contributed by atoms with Gasteiger partial charge in [0.2, 0.25) is 0 Å². The highest BCUT2D eigenvalue weighted by molar-refractivity contribution is 5.82. The molecule has 1 unspecified atom stereocenters. The predicted molar refractivity (Wildman–Crippen MR) is 95.0 cm³/mol. The summed E-state index contributed by atoms with van der Waals surface area (Å²) < 4.78 is 0. The van der Waals surface area contributed by atoms with Crippen molar-refractivity contribution in [2.24, 2.45) is 34.5 Å². The molecular weight excluding hydrogens is 280 g/mol. The molecule has 0 radical (unpaired) electrons. The Bertz CT molecular complexity index is 585. The molecule has 4 rings (SSSR count). The van der Waals surface area contributed by atoms with Gasteiger partial charge in [0.1, 0.15) is 5.78 Å². The number of ketones is 1. The van der Waals surface area contributed by atoms with E-state index in [1.165, 1.54) is 43.3 Å². The van der Waals surface area contributed by atoms with Crippen LogP contribution in [0.4, 0.5) is 0 Å². The summed E-state index contributed by atoms with van der Waals surface area (Å²) in [6, 6.07) is 0. The van der Waals surface area contributed by atoms with E-state index < -0.39 is 0 Å². The highest BCUT2D eigenvalue weighted by atomic mass is 16.1. The Morgan fingerprint density at radius 2 is 1.96 bits per heavy atom. The molecule has 4 aliphatic rings. The first-order valence-corrected chi connectivity index (χ1v) is 9.73. The van der Waals surface area contributed by atoms with Crippen LogP contribution in [-0.4, -0.2) is 5.78 Å². The molecule has 0 aromatic heterocycles. The molecule has 0 spiro atoms. The molecule has 6 atom stereocenters. The van der Waals surface area contributed by atoms with Crippen molar-refractivity contribution in [3.05, 3.63) is 23.8 Å². The number of carbonyl (C=O) groups excluding carboxylic acids is 1. The van der Waals surface area contributed by atoms with E-state index in [0.717, 1.165) is 42.9 Å². The summed E-state index contributed by atoms with van der Waals surface area (Å²) in [5.41, 5.74) is 3.71. The van der Waals surface area contributed by atoms with E-state index in [4.69, 9.17) is 0 Å². The summed E-state index contributed by atoms with van der Waals surface area (Å²) in [6.45, 7) is 11.6. The Hall–Kier alpha value is -0.850. The molecule has 0 saturated heterocycles. The van der Waals surface area contributed by atoms with Crippen LogP contribution >= 0.6 is 0 Å². The van der Waals surface area contributed by atoms with E-state index in [9.17, 15) is 4.79 Å². The van der Waals surface area contributed by atoms with Crippen molar-refractivity contribution in [1.82, 2.24) is 0 Å². The Morgan fingerprint density at radius 3 is 2.70 bits per heavy atom. The number of allylic oxidation sites excluding steroid dienone is 3. The summed E-state index contributed by atoms with van der Waals surface area (Å²) in [4.78, 5) is 11.9. The van der Waals surface area contributed by atoms with Gasteiger partial charge in [0, 0.05) is 12.8 Å². The summed E-state index contributed by atoms with van der Waals surface area (Å²) in [6.07, 6.45) is 11.9. The molecule has 0 aromatic rings. The lowest BCUT2D eigenvalue weighted by molar-refractivity contribution is -0.122. The maximum Gasteiger partial charge on any atom is 0.136 e. The third-order valence-electron chi connectivity index (χ3n) is 8.53. The van der Waals surface area contributed by atoms with E-state index in [2.05, 4.69) is 33.4 Å². The van der Waals surface area contributed by atoms with Crippen molar-refractivity contribution >= 4 is 5.78 Å². The van der Waals surface area contributed by atoms with Gasteiger partial charge in [0.05, 0.1) is 0 Å². The number of rotatable bonds is 1. The Labute approximate surface area is 141 Å². The average Bonchev–Trinajstić information content (AvgIpc) is 2.85. The second-order valence-electron chi connectivity index (χ2n) is 9.50. The number of Topliss-reactive ketones (excluding diaryl/α,β-unsaturated/α-hetero) is 1. The molecule has 126 valence electrons. The minimum atomic E-state index is 0.319. The standard InChI is InChI=1S/C22H32O/c1-14(2)18-7-8-19-17-6-5-15-13-16(23)9-11-21(15,3)20(17)10-12-22(18,19)4/h5,17-20H,1,6-13H2,2-4H3/t17?,18-,19+,20+,21+,22-/m1/s1. The van der Waals surface area contributed by atoms with E-state index >= 15 is 0 Å². The van der Waals surface area contributed by atoms with Crippen LogP contribution in [0, 0.1) is 34.5 Å². The number of hydrogen-bond donors (Lipinski definition) is 0. The van der Waals surface area contributed by atoms with Crippen LogP contribution < -0.4 is 0 Å². The topological polar surface area (TPSA) is 17.1 Å². The van der Waals surface area contributed by atoms with Crippen molar-refractivity contribution in [1.29, 1.82) is 0 Å². The normalized spacial score (nSPS) is 49.0. The molecule has 3 saturated carbocycles. The van der Waals surface area contributed by atoms with Crippen molar-refractivity contribution in [2.45, 2.75) is 72.1 Å². The third kappa shape index (κ3) is 2.07. The zero-order valence-corrected chi connectivity index (χ0v) is 15.2. The van der Waals surface area contributed by atoms with Crippen LogP contribution in [0.25, 0.3) is 0 Å². The zero-order valence-electron chi connectivity index (χ0n) is 15.2. The lowest BCUT2D eigenvalue weighted by Crippen LogP contribution is -2.50. The van der Waals surface area contributed by atoms with Gasteiger partial charge in [0.15, 0.2) is 0 Å². The minimum absolute atomic E-state index is 0.319. The van der Waals surface area contributed by atoms with E-state index in [1.807, 2.05) is 0 Å². The van der Waals surface area contributed by atoms with Gasteiger partial charge in [-0.05, 0) is 80.0 Å². The van der Waals surface area contributed by atoms with E-state index in [0.29, 0.717) is 16.6 Å². The fourth-order valence-electron chi connectivity index (χ4n) is 7.29. The number of carbonyl (C=O) groups is 1. The summed E-state index contributed by atoms with van der Waals surface area (Å²) >= 11 is 0. The first-order valence-electron chi connectivity index (χ1n) is 9.73. The maximum absolute atomic E-state index is 11.9. The highest BCUT2D eigenvalue weighted by Crippen LogP contribution is 2.66. The molecule has 1 nitrogen and oxygen atoms in total. The number of hydrogen-bond acceptors (Lipinski definition) is 1. The quantitative estimate of drug-likeness (QED) is 0.567. The van der Waals surface area contributed by atoms with Crippen LogP contribution in [0.5, 0.6) is 0 Å². The Morgan fingerprint density at radius 1 is 1.17 bits per heavy atom. The fourth-order valence-corrected chi connectivity index (χ4v) is 7.29. The highest BCUT2D eigenvalue weighted by Gasteiger charge is 2.58. The van der Waals surface area contributed by atoms with Gasteiger partial charge in [-0.2, -0.15) is 0 Å². The van der Waals surface area contributed by atoms with Crippen LogP contribution in [0.15, 0.2) is 23.8 Å². The molecule has 0 aromatic carbocycles. The van der Waals surface area contributed by atoms with Crippen molar-refractivity contribution in [2.75, 3.05) is 0 Å². The molecular formula is C22H32O. The van der Waals surface area contributed by atoms with Gasteiger partial charge in [-0.15, -0.1) is 0 Å². The Balaban J connectivity index is 1.67. The average molecular weight is 312 g/mol. The van der Waals surface area contributed by atoms with Crippen molar-refractivity contribution in [3.63, 3.8) is 0 Å². The second kappa shape index (κ2) is 5.07. The third-order valence-corrected chi connectivity index (χ3v) is 8.53. The molecule has 0 aliphatic heterocycles. The van der Waals surface area contributed by atoms with Gasteiger partial charge in [0.25, 0.3) is 0 Å². The molecule has 3 fully saturated rings. The summed E-state index contributed by atoms with van der Waals surface area (Å²) in [5, 5.41) is 0. The smallest absolute Gasteiger partial charge is 0.136 e. The molecule has 0 N–H and O–H groups in total. The molecule has 23 heavy (non-hydrogen) atoms. The van der Waals surface area contributed by atoms with Crippen LogP contribution in [-0.2, 0) is 4.79 Å². The van der Waals surface area contributed by atoms with Gasteiger partial charge in [-0.1, -0.05) is 37.6 Å². The summed E-state index contributed by atoms with van der Waals surface area (Å²) in [7, 11) is 0. The number of fused-ring (bicyclic) bond motifs is 5. The molecule has 1 heteroatoms. The first kappa shape index (κ1) is 15.7. The van der Waals surface area contributed by atoms with Crippen LogP contribution in [0.3, 0.4) is 0 Å². The van der Waals surface area contributed by atoms with Gasteiger partial charge < -0.3 is 0 Å². The summed E-state index contributed by atoms with van der Waals surface area (Å²) in [5.74, 6) is 3.74. The van der Waals surface area contributed by atoms with Gasteiger partial charge >= 0.3 is 0 Å². The molecule has 0 amide bonds. The van der Waals surface area contributed by atoms with Gasteiger partial charge in [-0.3, -0.25) is 4.79 Å². The SMILES string of the molecule is C=C(C)[C@H]1CC[C@H]2C3CC=C4CC(=O)CC[C@]4(C)[C@H]3CC[C@]12C. The van der Waals surface area contributed by atoms with Crippen molar-refractivity contribution < 1.29 is 4.79 Å². The largest absolute Gasteiger partial charge is 0.299 e. The molecule has 4 aliphatic carbocycles. The van der Waals surface area contributed by atoms with E-state index in [1.54, 1.807) is 0 Å². The zero-order chi connectivity index (χ0) is 16.4. The minimum Gasteiger partial charge on any atom is -0.299 e. The maximum atomic E-state index is 11.9. The fraction of sp³-hybridized carbons (Fsp3) is 0.773. The van der Waals surface area contributed by atoms with Crippen molar-refractivity contribution in [3.8, 4) is 0 Å². The first-order chi connectivity index (χ1) is 10.9. The lowest BCUT2D eigenvalue weighted by Gasteiger charge is -2.57. The monoisotopic (exact) mass is 312 g/mol. The Kier molecular flexibility index (Phi) is 3.45. The predicted octanol–water partition coefficient (Wildman–Crippen LogP) is 5.71. The second-order valence-corrected chi connectivity index (χ2v) is 9.50. The van der Waals surface area contributed by atoms with E-state index in [-0.39, 0.29) is 0 Å².